The SMILES string of the molecule is Cc1cc(CNC(=O)C2=CN3CCS(=O)(=O)N=C3C=C2)ccc1F. The fourth-order valence-electron chi connectivity index (χ4n) is 2.44. The zero-order valence-electron chi connectivity index (χ0n) is 13.0. The molecule has 0 aromatic heterocycles. The first-order valence-electron chi connectivity index (χ1n) is 7.36. The minimum atomic E-state index is -3.41. The number of rotatable bonds is 3. The molecule has 1 N–H and O–H groups in total. The van der Waals surface area contributed by atoms with Crippen LogP contribution in [-0.4, -0.2) is 37.4 Å². The molecule has 8 heteroatoms. The van der Waals surface area contributed by atoms with Crippen molar-refractivity contribution in [3.8, 4) is 0 Å². The number of hydrogen-bond acceptors (Lipinski definition) is 4. The van der Waals surface area contributed by atoms with Crippen molar-refractivity contribution in [1.82, 2.24) is 10.2 Å². The molecule has 0 saturated heterocycles. The minimum absolute atomic E-state index is 0.0788. The second-order valence-electron chi connectivity index (χ2n) is 5.61. The smallest absolute Gasteiger partial charge is 0.256 e. The van der Waals surface area contributed by atoms with Crippen LogP contribution in [0.3, 0.4) is 0 Å². The van der Waals surface area contributed by atoms with Gasteiger partial charge in [0, 0.05) is 19.3 Å². The number of amides is 1. The highest BCUT2D eigenvalue weighted by atomic mass is 32.2. The van der Waals surface area contributed by atoms with Crippen LogP contribution in [0.4, 0.5) is 4.39 Å². The van der Waals surface area contributed by atoms with E-state index in [0.717, 1.165) is 5.56 Å². The van der Waals surface area contributed by atoms with Gasteiger partial charge in [-0.05, 0) is 36.3 Å². The first-order chi connectivity index (χ1) is 11.3. The van der Waals surface area contributed by atoms with E-state index in [9.17, 15) is 17.6 Å². The molecule has 0 spiro atoms. The number of nitrogens with one attached hydrogen (secondary N) is 1. The van der Waals surface area contributed by atoms with E-state index < -0.39 is 10.0 Å². The van der Waals surface area contributed by atoms with E-state index in [2.05, 4.69) is 9.71 Å². The lowest BCUT2D eigenvalue weighted by molar-refractivity contribution is -0.117. The van der Waals surface area contributed by atoms with E-state index in [1.807, 2.05) is 0 Å². The van der Waals surface area contributed by atoms with E-state index in [1.54, 1.807) is 30.2 Å². The van der Waals surface area contributed by atoms with Gasteiger partial charge in [0.25, 0.3) is 15.9 Å². The molecule has 1 aromatic rings. The first-order valence-corrected chi connectivity index (χ1v) is 8.97. The summed E-state index contributed by atoms with van der Waals surface area (Å²) in [5.74, 6) is -0.340. The van der Waals surface area contributed by atoms with Crippen LogP contribution < -0.4 is 5.32 Å². The number of aryl methyl sites for hydroxylation is 1. The largest absolute Gasteiger partial charge is 0.348 e. The van der Waals surface area contributed by atoms with Crippen LogP contribution in [0.1, 0.15) is 11.1 Å². The van der Waals surface area contributed by atoms with Crippen molar-refractivity contribution >= 4 is 21.8 Å². The van der Waals surface area contributed by atoms with E-state index in [-0.39, 0.29) is 30.6 Å². The highest BCUT2D eigenvalue weighted by molar-refractivity contribution is 7.90. The molecule has 2 aliphatic heterocycles. The Bertz CT molecular complexity index is 888. The summed E-state index contributed by atoms with van der Waals surface area (Å²) in [7, 11) is -3.41. The van der Waals surface area contributed by atoms with Crippen molar-refractivity contribution in [3.05, 3.63) is 59.1 Å². The molecule has 0 aliphatic carbocycles. The lowest BCUT2D eigenvalue weighted by atomic mass is 10.1. The molecule has 1 amide bonds. The van der Waals surface area contributed by atoms with Crippen molar-refractivity contribution in [2.45, 2.75) is 13.5 Å². The Balaban J connectivity index is 1.67. The molecule has 0 fully saturated rings. The van der Waals surface area contributed by atoms with Gasteiger partial charge in [-0.2, -0.15) is 0 Å². The third-order valence-electron chi connectivity index (χ3n) is 3.76. The summed E-state index contributed by atoms with van der Waals surface area (Å²) < 4.78 is 39.8. The Labute approximate surface area is 139 Å². The van der Waals surface area contributed by atoms with Gasteiger partial charge in [-0.25, -0.2) is 12.8 Å². The lowest BCUT2D eigenvalue weighted by Crippen LogP contribution is -2.38. The highest BCUT2D eigenvalue weighted by Gasteiger charge is 2.24. The predicted molar refractivity (Wildman–Crippen MR) is 88.1 cm³/mol. The summed E-state index contributed by atoms with van der Waals surface area (Å²) >= 11 is 0. The Kier molecular flexibility index (Phi) is 4.23. The van der Waals surface area contributed by atoms with Crippen LogP contribution in [0.15, 0.2) is 46.5 Å². The van der Waals surface area contributed by atoms with Crippen LogP contribution in [0.5, 0.6) is 0 Å². The zero-order chi connectivity index (χ0) is 17.3. The fraction of sp³-hybridized carbons (Fsp3) is 0.250. The molecule has 1 aromatic carbocycles. The van der Waals surface area contributed by atoms with Crippen LogP contribution in [0.2, 0.25) is 0 Å². The third kappa shape index (κ3) is 3.53. The second kappa shape index (κ2) is 6.20. The first kappa shape index (κ1) is 16.4. The van der Waals surface area contributed by atoms with Gasteiger partial charge in [0.1, 0.15) is 11.7 Å². The van der Waals surface area contributed by atoms with Gasteiger partial charge in [0.2, 0.25) is 0 Å². The monoisotopic (exact) mass is 349 g/mol. The molecule has 2 heterocycles. The van der Waals surface area contributed by atoms with Gasteiger partial charge >= 0.3 is 0 Å². The van der Waals surface area contributed by atoms with Crippen molar-refractivity contribution in [1.29, 1.82) is 0 Å². The number of amidine groups is 1. The van der Waals surface area contributed by atoms with E-state index in [0.29, 0.717) is 17.0 Å². The van der Waals surface area contributed by atoms with E-state index in [1.165, 1.54) is 18.2 Å². The number of carbonyl (C=O) groups excluding carboxylic acids is 1. The Hall–Kier alpha value is -2.48. The predicted octanol–water partition coefficient (Wildman–Crippen LogP) is 1.25. The molecule has 0 radical (unpaired) electrons. The quantitative estimate of drug-likeness (QED) is 0.891. The standard InChI is InChI=1S/C16H16FN3O3S/c1-11-8-12(2-4-14(11)17)9-18-16(21)13-3-5-15-19-24(22,23)7-6-20(15)10-13/h2-5,8,10H,6-7,9H2,1H3,(H,18,21). The van der Waals surface area contributed by atoms with Crippen molar-refractivity contribution in [3.63, 3.8) is 0 Å². The summed E-state index contributed by atoms with van der Waals surface area (Å²) in [4.78, 5) is 13.9. The summed E-state index contributed by atoms with van der Waals surface area (Å²) in [6.07, 6.45) is 4.62. The molecular weight excluding hydrogens is 333 g/mol. The molecule has 0 bridgehead atoms. The number of nitrogens with zero attached hydrogens (tertiary/aromatic N) is 2. The number of halogens is 1. The maximum Gasteiger partial charge on any atom is 0.256 e. The van der Waals surface area contributed by atoms with E-state index >= 15 is 0 Å². The highest BCUT2D eigenvalue weighted by Crippen LogP contribution is 2.16. The Morgan fingerprint density at radius 2 is 2.17 bits per heavy atom. The average Bonchev–Trinajstić information content (AvgIpc) is 2.54. The fourth-order valence-corrected chi connectivity index (χ4v) is 3.41. The Morgan fingerprint density at radius 3 is 2.92 bits per heavy atom. The van der Waals surface area contributed by atoms with Gasteiger partial charge in [0.05, 0.1) is 11.3 Å². The van der Waals surface area contributed by atoms with Gasteiger partial charge in [-0.15, -0.1) is 4.40 Å². The molecule has 3 rings (SSSR count). The van der Waals surface area contributed by atoms with Crippen LogP contribution in [0.25, 0.3) is 0 Å². The second-order valence-corrected chi connectivity index (χ2v) is 7.37. The Morgan fingerprint density at radius 1 is 1.38 bits per heavy atom. The van der Waals surface area contributed by atoms with Gasteiger partial charge < -0.3 is 10.2 Å². The van der Waals surface area contributed by atoms with Crippen molar-refractivity contribution in [2.75, 3.05) is 12.3 Å². The third-order valence-corrected chi connectivity index (χ3v) is 4.93. The van der Waals surface area contributed by atoms with Gasteiger partial charge in [-0.3, -0.25) is 4.79 Å². The van der Waals surface area contributed by atoms with Crippen LogP contribution in [0, 0.1) is 12.7 Å². The molecule has 2 aliphatic rings. The maximum atomic E-state index is 13.2. The molecule has 24 heavy (non-hydrogen) atoms. The molecule has 0 atom stereocenters. The molecule has 0 saturated carbocycles. The van der Waals surface area contributed by atoms with Crippen molar-refractivity contribution in [2.24, 2.45) is 4.40 Å². The van der Waals surface area contributed by atoms with Crippen LogP contribution >= 0.6 is 0 Å². The number of benzene rings is 1. The maximum absolute atomic E-state index is 13.2. The minimum Gasteiger partial charge on any atom is -0.348 e. The number of sulfonamides is 1. The number of fused-ring (bicyclic) bond motifs is 1. The lowest BCUT2D eigenvalue weighted by Gasteiger charge is -2.26. The molecule has 6 nitrogen and oxygen atoms in total. The average molecular weight is 349 g/mol. The van der Waals surface area contributed by atoms with Gasteiger partial charge in [0.15, 0.2) is 0 Å². The number of hydrogen-bond donors (Lipinski definition) is 1. The molecule has 126 valence electrons. The summed E-state index contributed by atoms with van der Waals surface area (Å²) in [6.45, 7) is 2.21. The summed E-state index contributed by atoms with van der Waals surface area (Å²) in [6, 6.07) is 4.67. The zero-order valence-corrected chi connectivity index (χ0v) is 13.8. The topological polar surface area (TPSA) is 78.8 Å². The summed E-state index contributed by atoms with van der Waals surface area (Å²) in [5.41, 5.74) is 1.73. The molecular formula is C16H16FN3O3S. The van der Waals surface area contributed by atoms with Crippen LogP contribution in [-0.2, 0) is 21.4 Å². The number of carbonyl (C=O) groups is 1. The van der Waals surface area contributed by atoms with E-state index in [4.69, 9.17) is 0 Å². The van der Waals surface area contributed by atoms with Gasteiger partial charge in [-0.1, -0.05) is 12.1 Å². The summed E-state index contributed by atoms with van der Waals surface area (Å²) in [5, 5.41) is 2.76. The molecule has 0 unspecified atom stereocenters. The normalized spacial score (nSPS) is 18.5. The van der Waals surface area contributed by atoms with Crippen molar-refractivity contribution < 1.29 is 17.6 Å².